The molecule has 216 valence electrons. The summed E-state index contributed by atoms with van der Waals surface area (Å²) in [7, 11) is 1.64. The van der Waals surface area contributed by atoms with E-state index in [2.05, 4.69) is 40.2 Å². The minimum atomic E-state index is -0.869. The third kappa shape index (κ3) is 4.82. The van der Waals surface area contributed by atoms with Crippen molar-refractivity contribution in [3.05, 3.63) is 114 Å². The number of nitrogens with one attached hydrogen (secondary N) is 1. The summed E-state index contributed by atoms with van der Waals surface area (Å²) in [5.41, 5.74) is 7.31. The summed E-state index contributed by atoms with van der Waals surface area (Å²) in [4.78, 5) is 39.2. The molecule has 3 heterocycles. The van der Waals surface area contributed by atoms with Gasteiger partial charge in [0.1, 0.15) is 17.6 Å². The second kappa shape index (κ2) is 10.8. The van der Waals surface area contributed by atoms with E-state index in [4.69, 9.17) is 9.72 Å². The van der Waals surface area contributed by atoms with Crippen LogP contribution in [-0.4, -0.2) is 70.2 Å². The van der Waals surface area contributed by atoms with Crippen molar-refractivity contribution in [3.8, 4) is 16.9 Å². The van der Waals surface area contributed by atoms with Gasteiger partial charge in [-0.25, -0.2) is 9.78 Å². The van der Waals surface area contributed by atoms with E-state index in [1.807, 2.05) is 65.6 Å². The van der Waals surface area contributed by atoms with E-state index in [0.717, 1.165) is 39.0 Å². The number of amides is 2. The van der Waals surface area contributed by atoms with Crippen molar-refractivity contribution >= 4 is 28.7 Å². The summed E-state index contributed by atoms with van der Waals surface area (Å²) in [5, 5.41) is 9.23. The lowest BCUT2D eigenvalue weighted by atomic mass is 10.00. The van der Waals surface area contributed by atoms with E-state index >= 15 is 0 Å². The molecule has 7 rings (SSSR count). The molecule has 1 aromatic heterocycles. The molecule has 0 spiro atoms. The lowest BCUT2D eigenvalue weighted by Crippen LogP contribution is -2.48. The number of aromatic amines is 1. The standard InChI is InChI=1S/C34H31N5O4/c1-43-30-9-5-2-6-26(30)31(32-35-28-7-3-4-8-29(28)36-32)39-21-24-11-10-23(20-27(24)33(39)40)22-12-14-25(15-13-22)37-16-18-38(19-17-37)34(41)42/h2-15,20,31H,16-19,21H2,1H3,(H,35,36)(H,41,42). The van der Waals surface area contributed by atoms with Crippen molar-refractivity contribution in [1.29, 1.82) is 0 Å². The first-order valence-electron chi connectivity index (χ1n) is 14.3. The number of methoxy groups -OCH3 is 1. The van der Waals surface area contributed by atoms with Gasteiger partial charge in [-0.3, -0.25) is 4.79 Å². The number of benzene rings is 4. The Kier molecular flexibility index (Phi) is 6.69. The number of imidazole rings is 1. The van der Waals surface area contributed by atoms with Gasteiger partial charge in [-0.2, -0.15) is 0 Å². The molecule has 2 amide bonds. The third-order valence-electron chi connectivity index (χ3n) is 8.47. The molecular formula is C34H31N5O4. The van der Waals surface area contributed by atoms with Crippen LogP contribution in [0.3, 0.4) is 0 Å². The maximum Gasteiger partial charge on any atom is 0.407 e. The normalized spacial score (nSPS) is 15.6. The highest BCUT2D eigenvalue weighted by molar-refractivity contribution is 6.00. The maximum atomic E-state index is 14.1. The van der Waals surface area contributed by atoms with Crippen LogP contribution in [-0.2, 0) is 6.54 Å². The smallest absolute Gasteiger partial charge is 0.407 e. The summed E-state index contributed by atoms with van der Waals surface area (Å²) in [6.45, 7) is 2.76. The molecule has 2 N–H and O–H groups in total. The molecule has 0 aliphatic carbocycles. The first-order valence-corrected chi connectivity index (χ1v) is 14.3. The quantitative estimate of drug-likeness (QED) is 0.267. The van der Waals surface area contributed by atoms with Gasteiger partial charge in [0.15, 0.2) is 0 Å². The lowest BCUT2D eigenvalue weighted by Gasteiger charge is -2.34. The summed E-state index contributed by atoms with van der Waals surface area (Å²) in [5.74, 6) is 1.33. The summed E-state index contributed by atoms with van der Waals surface area (Å²) < 4.78 is 5.73. The van der Waals surface area contributed by atoms with Crippen LogP contribution in [0.25, 0.3) is 22.2 Å². The van der Waals surface area contributed by atoms with Crippen molar-refractivity contribution < 1.29 is 19.4 Å². The van der Waals surface area contributed by atoms with Crippen LogP contribution >= 0.6 is 0 Å². The number of carboxylic acid groups (broad SMARTS) is 1. The van der Waals surface area contributed by atoms with Gasteiger partial charge in [0.25, 0.3) is 5.91 Å². The number of hydrogen-bond acceptors (Lipinski definition) is 5. The zero-order valence-corrected chi connectivity index (χ0v) is 23.7. The van der Waals surface area contributed by atoms with Crippen molar-refractivity contribution in [3.63, 3.8) is 0 Å². The Balaban J connectivity index is 1.18. The molecule has 1 atom stereocenters. The predicted molar refractivity (Wildman–Crippen MR) is 164 cm³/mol. The fourth-order valence-electron chi connectivity index (χ4n) is 6.19. The van der Waals surface area contributed by atoms with Crippen LogP contribution in [0, 0.1) is 0 Å². The van der Waals surface area contributed by atoms with Crippen molar-refractivity contribution in [1.82, 2.24) is 19.8 Å². The zero-order valence-electron chi connectivity index (χ0n) is 23.7. The van der Waals surface area contributed by atoms with Gasteiger partial charge in [0, 0.05) is 49.5 Å². The Hall–Kier alpha value is -5.31. The molecule has 1 saturated heterocycles. The number of carbonyl (C=O) groups excluding carboxylic acids is 1. The number of aromatic nitrogens is 2. The highest BCUT2D eigenvalue weighted by Gasteiger charge is 2.37. The molecule has 9 nitrogen and oxygen atoms in total. The van der Waals surface area contributed by atoms with Gasteiger partial charge in [0.05, 0.1) is 18.1 Å². The molecule has 5 aromatic rings. The number of para-hydroxylation sites is 3. The van der Waals surface area contributed by atoms with Gasteiger partial charge in [-0.1, -0.05) is 54.6 Å². The minimum Gasteiger partial charge on any atom is -0.496 e. The van der Waals surface area contributed by atoms with Crippen LogP contribution in [0.2, 0.25) is 0 Å². The fourth-order valence-corrected chi connectivity index (χ4v) is 6.19. The van der Waals surface area contributed by atoms with E-state index in [1.165, 1.54) is 4.90 Å². The number of piperazine rings is 1. The molecule has 4 aromatic carbocycles. The molecule has 9 heteroatoms. The first kappa shape index (κ1) is 26.6. The number of carbonyl (C=O) groups is 2. The number of nitrogens with zero attached hydrogens (tertiary/aromatic N) is 4. The Morgan fingerprint density at radius 2 is 1.63 bits per heavy atom. The Labute approximate surface area is 248 Å². The van der Waals surface area contributed by atoms with E-state index in [1.54, 1.807) is 7.11 Å². The van der Waals surface area contributed by atoms with E-state index in [9.17, 15) is 14.7 Å². The van der Waals surface area contributed by atoms with Crippen LogP contribution < -0.4 is 9.64 Å². The van der Waals surface area contributed by atoms with Gasteiger partial charge in [-0.05, 0) is 53.1 Å². The number of hydrogen-bond donors (Lipinski definition) is 2. The molecule has 0 bridgehead atoms. The lowest BCUT2D eigenvalue weighted by molar-refractivity contribution is 0.0723. The number of rotatable bonds is 6. The third-order valence-corrected chi connectivity index (χ3v) is 8.47. The van der Waals surface area contributed by atoms with Crippen molar-refractivity contribution in [2.45, 2.75) is 12.6 Å². The van der Waals surface area contributed by atoms with Gasteiger partial charge in [0.2, 0.25) is 0 Å². The molecule has 1 fully saturated rings. The van der Waals surface area contributed by atoms with Crippen molar-refractivity contribution in [2.24, 2.45) is 0 Å². The van der Waals surface area contributed by atoms with Crippen LogP contribution in [0.5, 0.6) is 5.75 Å². The average Bonchev–Trinajstić information content (AvgIpc) is 3.62. The summed E-state index contributed by atoms with van der Waals surface area (Å²) in [6.07, 6.45) is -0.869. The highest BCUT2D eigenvalue weighted by Crippen LogP contribution is 2.40. The molecule has 2 aliphatic heterocycles. The molecule has 1 unspecified atom stereocenters. The molecule has 43 heavy (non-hydrogen) atoms. The number of H-pyrrole nitrogens is 1. The highest BCUT2D eigenvalue weighted by atomic mass is 16.5. The van der Waals surface area contributed by atoms with E-state index < -0.39 is 12.1 Å². The Morgan fingerprint density at radius 3 is 2.37 bits per heavy atom. The van der Waals surface area contributed by atoms with E-state index in [-0.39, 0.29) is 5.91 Å². The second-order valence-corrected chi connectivity index (χ2v) is 10.9. The van der Waals surface area contributed by atoms with Crippen molar-refractivity contribution in [2.75, 3.05) is 38.2 Å². The Morgan fingerprint density at radius 1 is 0.907 bits per heavy atom. The maximum absolute atomic E-state index is 14.1. The summed E-state index contributed by atoms with van der Waals surface area (Å²) >= 11 is 0. The number of fused-ring (bicyclic) bond motifs is 2. The molecular weight excluding hydrogens is 542 g/mol. The molecule has 0 saturated carbocycles. The minimum absolute atomic E-state index is 0.0545. The molecule has 0 radical (unpaired) electrons. The van der Waals surface area contributed by atoms with Crippen LogP contribution in [0.4, 0.5) is 10.5 Å². The summed E-state index contributed by atoms with van der Waals surface area (Å²) in [6, 6.07) is 29.5. The van der Waals surface area contributed by atoms with Gasteiger partial charge < -0.3 is 29.5 Å². The first-order chi connectivity index (χ1) is 21.0. The average molecular weight is 574 g/mol. The largest absolute Gasteiger partial charge is 0.496 e. The predicted octanol–water partition coefficient (Wildman–Crippen LogP) is 5.78. The SMILES string of the molecule is COc1ccccc1C(c1nc2ccccc2[nH]1)N1Cc2ccc(-c3ccc(N4CCN(C(=O)O)CC4)cc3)cc2C1=O. The fraction of sp³-hybridized carbons (Fsp3) is 0.206. The van der Waals surface area contributed by atoms with E-state index in [0.29, 0.717) is 49.9 Å². The second-order valence-electron chi connectivity index (χ2n) is 10.9. The zero-order chi connectivity index (χ0) is 29.5. The monoisotopic (exact) mass is 573 g/mol. The van der Waals surface area contributed by atoms with Crippen LogP contribution in [0.1, 0.15) is 33.4 Å². The van der Waals surface area contributed by atoms with Crippen LogP contribution in [0.15, 0.2) is 91.0 Å². The van der Waals surface area contributed by atoms with Gasteiger partial charge >= 0.3 is 6.09 Å². The number of anilines is 1. The molecule has 2 aliphatic rings. The Bertz CT molecular complexity index is 1790. The van der Waals surface area contributed by atoms with Gasteiger partial charge in [-0.15, -0.1) is 0 Å². The number of ether oxygens (including phenoxy) is 1. The topological polar surface area (TPSA) is 102 Å².